The lowest BCUT2D eigenvalue weighted by molar-refractivity contribution is 0.0990. The monoisotopic (exact) mass is 419 g/mol. The number of thiophene rings is 1. The number of aromatic nitrogens is 1. The van der Waals surface area contributed by atoms with E-state index < -0.39 is 0 Å². The van der Waals surface area contributed by atoms with E-state index in [0.29, 0.717) is 28.6 Å². The predicted molar refractivity (Wildman–Crippen MR) is 121 cm³/mol. The van der Waals surface area contributed by atoms with Gasteiger partial charge < -0.3 is 20.1 Å². The van der Waals surface area contributed by atoms with Crippen molar-refractivity contribution in [3.05, 3.63) is 52.9 Å². The number of aryl methyl sites for hydroxylation is 1. The molecule has 3 heterocycles. The number of amides is 1. The normalized spacial score (nSPS) is 13.5. The SMILES string of the molecule is COc1cc2cc3c(N)c(C(=O)N4CCCc5ccccc54)sc3nc2cc1OC. The number of fused-ring (bicyclic) bond motifs is 3. The summed E-state index contributed by atoms with van der Waals surface area (Å²) in [5.74, 6) is 1.17. The molecule has 152 valence electrons. The Hall–Kier alpha value is -3.32. The highest BCUT2D eigenvalue weighted by Gasteiger charge is 2.27. The van der Waals surface area contributed by atoms with Crippen LogP contribution in [0.25, 0.3) is 21.1 Å². The average molecular weight is 420 g/mol. The minimum atomic E-state index is -0.0677. The molecular formula is C23H21N3O3S. The molecule has 2 aromatic heterocycles. The first-order valence-corrected chi connectivity index (χ1v) is 10.6. The summed E-state index contributed by atoms with van der Waals surface area (Å²) >= 11 is 1.34. The molecule has 1 amide bonds. The van der Waals surface area contributed by atoms with Crippen molar-refractivity contribution >= 4 is 49.7 Å². The molecule has 6 nitrogen and oxygen atoms in total. The average Bonchev–Trinajstić information content (AvgIpc) is 3.11. The molecule has 2 aromatic carbocycles. The lowest BCUT2D eigenvalue weighted by atomic mass is 10.0. The third-order valence-corrected chi connectivity index (χ3v) is 6.67. The molecule has 0 bridgehead atoms. The second-order valence-corrected chi connectivity index (χ2v) is 8.27. The Morgan fingerprint density at radius 1 is 1.13 bits per heavy atom. The van der Waals surface area contributed by atoms with Crippen molar-refractivity contribution in [2.24, 2.45) is 0 Å². The zero-order chi connectivity index (χ0) is 20.8. The number of benzene rings is 2. The molecule has 0 spiro atoms. The third kappa shape index (κ3) is 2.85. The fourth-order valence-corrected chi connectivity index (χ4v) is 5.09. The number of pyridine rings is 1. The Morgan fingerprint density at radius 3 is 2.70 bits per heavy atom. The minimum absolute atomic E-state index is 0.0677. The number of hydrogen-bond acceptors (Lipinski definition) is 6. The smallest absolute Gasteiger partial charge is 0.270 e. The van der Waals surface area contributed by atoms with Gasteiger partial charge >= 0.3 is 0 Å². The summed E-state index contributed by atoms with van der Waals surface area (Å²) in [5.41, 5.74) is 9.86. The van der Waals surface area contributed by atoms with Crippen LogP contribution >= 0.6 is 11.3 Å². The quantitative estimate of drug-likeness (QED) is 0.523. The first-order chi connectivity index (χ1) is 14.6. The lowest BCUT2D eigenvalue weighted by Crippen LogP contribution is -2.35. The molecule has 5 rings (SSSR count). The van der Waals surface area contributed by atoms with E-state index in [0.717, 1.165) is 39.6 Å². The van der Waals surface area contributed by atoms with Gasteiger partial charge in [-0.25, -0.2) is 4.98 Å². The highest BCUT2D eigenvalue weighted by molar-refractivity contribution is 7.21. The van der Waals surface area contributed by atoms with E-state index in [2.05, 4.69) is 6.07 Å². The van der Waals surface area contributed by atoms with Gasteiger partial charge in [0.25, 0.3) is 5.91 Å². The lowest BCUT2D eigenvalue weighted by Gasteiger charge is -2.29. The number of para-hydroxylation sites is 1. The van der Waals surface area contributed by atoms with E-state index >= 15 is 0 Å². The highest BCUT2D eigenvalue weighted by Crippen LogP contribution is 2.39. The fourth-order valence-electron chi connectivity index (χ4n) is 4.05. The molecule has 0 radical (unpaired) electrons. The highest BCUT2D eigenvalue weighted by atomic mass is 32.1. The van der Waals surface area contributed by atoms with Gasteiger partial charge in [0.05, 0.1) is 25.4 Å². The number of nitrogens with two attached hydrogens (primary N) is 1. The molecule has 0 fully saturated rings. The molecule has 0 atom stereocenters. The molecule has 0 saturated carbocycles. The van der Waals surface area contributed by atoms with Crippen LogP contribution in [0.3, 0.4) is 0 Å². The number of nitrogen functional groups attached to an aromatic ring is 1. The molecule has 30 heavy (non-hydrogen) atoms. The van der Waals surface area contributed by atoms with Gasteiger partial charge in [-0.1, -0.05) is 18.2 Å². The Bertz CT molecular complexity index is 1300. The maximum absolute atomic E-state index is 13.4. The third-order valence-electron chi connectivity index (χ3n) is 5.57. The molecule has 2 N–H and O–H groups in total. The van der Waals surface area contributed by atoms with Gasteiger partial charge in [0, 0.05) is 29.1 Å². The second kappa shape index (κ2) is 7.18. The van der Waals surface area contributed by atoms with Crippen LogP contribution in [0.1, 0.15) is 21.7 Å². The largest absolute Gasteiger partial charge is 0.493 e. The van der Waals surface area contributed by atoms with Gasteiger partial charge in [-0.3, -0.25) is 4.79 Å². The van der Waals surface area contributed by atoms with Crippen molar-refractivity contribution < 1.29 is 14.3 Å². The second-order valence-electron chi connectivity index (χ2n) is 7.27. The van der Waals surface area contributed by atoms with Gasteiger partial charge in [0.1, 0.15) is 9.71 Å². The summed E-state index contributed by atoms with van der Waals surface area (Å²) in [7, 11) is 3.19. The summed E-state index contributed by atoms with van der Waals surface area (Å²) in [5, 5.41) is 1.67. The van der Waals surface area contributed by atoms with Crippen LogP contribution in [0.2, 0.25) is 0 Å². The molecular weight excluding hydrogens is 398 g/mol. The maximum atomic E-state index is 13.4. The molecule has 1 aliphatic heterocycles. The van der Waals surface area contributed by atoms with Gasteiger partial charge in [-0.15, -0.1) is 11.3 Å². The van der Waals surface area contributed by atoms with Gasteiger partial charge in [-0.05, 0) is 36.6 Å². The Morgan fingerprint density at radius 2 is 1.90 bits per heavy atom. The standard InChI is InChI=1S/C23H21N3O3S/c1-28-18-11-14-10-15-20(24)21(30-22(15)25-16(14)12-19(18)29-2)23(27)26-9-5-7-13-6-3-4-8-17(13)26/h3-4,6,8,10-12H,5,7,9,24H2,1-2H3. The topological polar surface area (TPSA) is 77.7 Å². The van der Waals surface area contributed by atoms with Crippen LogP contribution in [0.4, 0.5) is 11.4 Å². The van der Waals surface area contributed by atoms with Crippen LogP contribution in [0.5, 0.6) is 11.5 Å². The summed E-state index contributed by atoms with van der Waals surface area (Å²) in [4.78, 5) is 21.3. The number of carbonyl (C=O) groups is 1. The van der Waals surface area contributed by atoms with E-state index in [1.54, 1.807) is 14.2 Å². The molecule has 4 aromatic rings. The summed E-state index contributed by atoms with van der Waals surface area (Å²) < 4.78 is 10.8. The summed E-state index contributed by atoms with van der Waals surface area (Å²) in [6, 6.07) is 13.7. The van der Waals surface area contributed by atoms with Crippen LogP contribution < -0.4 is 20.1 Å². The number of rotatable bonds is 3. The van der Waals surface area contributed by atoms with Crippen LogP contribution in [0, 0.1) is 0 Å². The molecule has 0 aliphatic carbocycles. The van der Waals surface area contributed by atoms with E-state index in [4.69, 9.17) is 20.2 Å². The van der Waals surface area contributed by atoms with Crippen LogP contribution in [0.15, 0.2) is 42.5 Å². The van der Waals surface area contributed by atoms with E-state index in [1.807, 2.05) is 41.3 Å². The zero-order valence-corrected chi connectivity index (χ0v) is 17.6. The fraction of sp³-hybridized carbons (Fsp3) is 0.217. The van der Waals surface area contributed by atoms with Crippen LogP contribution in [-0.4, -0.2) is 31.7 Å². The van der Waals surface area contributed by atoms with Gasteiger partial charge in [0.15, 0.2) is 11.5 Å². The summed E-state index contributed by atoms with van der Waals surface area (Å²) in [6.07, 6.45) is 1.92. The number of ether oxygens (including phenoxy) is 2. The van der Waals surface area contributed by atoms with Crippen LogP contribution in [-0.2, 0) is 6.42 Å². The van der Waals surface area contributed by atoms with Crippen molar-refractivity contribution in [3.8, 4) is 11.5 Å². The molecule has 7 heteroatoms. The van der Waals surface area contributed by atoms with Gasteiger partial charge in [0.2, 0.25) is 0 Å². The van der Waals surface area contributed by atoms with Crippen molar-refractivity contribution in [1.29, 1.82) is 0 Å². The van der Waals surface area contributed by atoms with Crippen molar-refractivity contribution in [1.82, 2.24) is 4.98 Å². The van der Waals surface area contributed by atoms with Gasteiger partial charge in [-0.2, -0.15) is 0 Å². The minimum Gasteiger partial charge on any atom is -0.493 e. The Balaban J connectivity index is 1.63. The number of methoxy groups -OCH3 is 2. The maximum Gasteiger partial charge on any atom is 0.270 e. The Kier molecular flexibility index (Phi) is 4.47. The molecule has 0 unspecified atom stereocenters. The first kappa shape index (κ1) is 18.7. The first-order valence-electron chi connectivity index (χ1n) is 9.75. The van der Waals surface area contributed by atoms with E-state index in [-0.39, 0.29) is 5.91 Å². The van der Waals surface area contributed by atoms with Crippen molar-refractivity contribution in [2.45, 2.75) is 12.8 Å². The molecule has 0 saturated heterocycles. The van der Waals surface area contributed by atoms with E-state index in [1.165, 1.54) is 16.9 Å². The summed E-state index contributed by atoms with van der Waals surface area (Å²) in [6.45, 7) is 0.688. The zero-order valence-electron chi connectivity index (χ0n) is 16.8. The number of hydrogen-bond donors (Lipinski definition) is 1. The number of carbonyl (C=O) groups excluding carboxylic acids is 1. The number of nitrogens with zero attached hydrogens (tertiary/aromatic N) is 2. The van der Waals surface area contributed by atoms with Crippen molar-refractivity contribution in [2.75, 3.05) is 31.4 Å². The molecule has 1 aliphatic rings. The van der Waals surface area contributed by atoms with Crippen molar-refractivity contribution in [3.63, 3.8) is 0 Å². The van der Waals surface area contributed by atoms with E-state index in [9.17, 15) is 4.79 Å². The number of anilines is 2. The Labute approximate surface area is 177 Å². The predicted octanol–water partition coefficient (Wildman–Crippen LogP) is 4.64.